The van der Waals surface area contributed by atoms with Crippen molar-refractivity contribution in [3.63, 3.8) is 0 Å². The average molecular weight is 373 g/mol. The van der Waals surface area contributed by atoms with Gasteiger partial charge in [-0.3, -0.25) is 20.4 Å². The van der Waals surface area contributed by atoms with Crippen molar-refractivity contribution in [1.29, 1.82) is 0 Å². The van der Waals surface area contributed by atoms with Gasteiger partial charge in [-0.05, 0) is 55.7 Å². The second kappa shape index (κ2) is 7.27. The Kier molecular flexibility index (Phi) is 5.06. The van der Waals surface area contributed by atoms with E-state index < -0.39 is 21.8 Å². The number of carbonyl (C=O) groups excluding carboxylic acids is 2. The van der Waals surface area contributed by atoms with E-state index in [-0.39, 0.29) is 16.5 Å². The highest BCUT2D eigenvalue weighted by Crippen LogP contribution is 2.22. The van der Waals surface area contributed by atoms with Crippen LogP contribution in [-0.4, -0.2) is 26.3 Å². The third kappa shape index (κ3) is 4.27. The summed E-state index contributed by atoms with van der Waals surface area (Å²) in [6, 6.07) is 12.5. The Morgan fingerprint density at radius 2 is 1.54 bits per heavy atom. The number of hydrogen-bond donors (Lipinski definition) is 3. The molecule has 0 saturated heterocycles. The number of hydrazine groups is 1. The smallest absolute Gasteiger partial charge is 0.267 e. The van der Waals surface area contributed by atoms with Gasteiger partial charge in [0.15, 0.2) is 0 Å². The highest BCUT2D eigenvalue weighted by Gasteiger charge is 2.28. The van der Waals surface area contributed by atoms with Gasteiger partial charge in [0, 0.05) is 17.2 Å². The number of aryl methyl sites for hydroxylation is 1. The van der Waals surface area contributed by atoms with Gasteiger partial charge in [0.2, 0.25) is 10.0 Å². The van der Waals surface area contributed by atoms with E-state index in [4.69, 9.17) is 0 Å². The van der Waals surface area contributed by atoms with Crippen LogP contribution in [-0.2, 0) is 10.0 Å². The summed E-state index contributed by atoms with van der Waals surface area (Å²) in [4.78, 5) is 24.3. The average Bonchev–Trinajstić information content (AvgIpc) is 3.43. The van der Waals surface area contributed by atoms with E-state index in [0.29, 0.717) is 5.56 Å². The molecule has 1 fully saturated rings. The Balaban J connectivity index is 1.61. The largest absolute Gasteiger partial charge is 0.269 e. The number of nitrogens with one attached hydrogen (secondary N) is 3. The zero-order chi connectivity index (χ0) is 18.7. The van der Waals surface area contributed by atoms with Crippen molar-refractivity contribution in [1.82, 2.24) is 15.6 Å². The molecule has 136 valence electrons. The Bertz CT molecular complexity index is 935. The fourth-order valence-electron chi connectivity index (χ4n) is 2.35. The molecule has 0 atom stereocenters. The van der Waals surface area contributed by atoms with Gasteiger partial charge in [-0.1, -0.05) is 18.2 Å². The topological polar surface area (TPSA) is 104 Å². The van der Waals surface area contributed by atoms with Gasteiger partial charge in [-0.2, -0.15) is 0 Å². The minimum atomic E-state index is -3.56. The summed E-state index contributed by atoms with van der Waals surface area (Å²) >= 11 is 0. The van der Waals surface area contributed by atoms with E-state index in [0.717, 1.165) is 18.4 Å². The zero-order valence-electron chi connectivity index (χ0n) is 14.2. The van der Waals surface area contributed by atoms with Gasteiger partial charge in [-0.15, -0.1) is 0 Å². The normalized spacial score (nSPS) is 13.9. The molecular weight excluding hydrogens is 354 g/mol. The summed E-state index contributed by atoms with van der Waals surface area (Å²) in [6.07, 6.45) is 1.70. The standard InChI is InChI=1S/C18H19N3O4S/c1-12-4-2-3-5-16(12)18(23)20-19-17(22)13-6-10-15(11-7-13)26(24,25)21-14-8-9-14/h2-7,10-11,14,21H,8-9H2,1H3,(H,19,22)(H,20,23). The molecule has 2 amide bonds. The van der Waals surface area contributed by atoms with Crippen LogP contribution < -0.4 is 15.6 Å². The first-order valence-corrected chi connectivity index (χ1v) is 9.64. The van der Waals surface area contributed by atoms with E-state index in [1.807, 2.05) is 6.07 Å². The van der Waals surface area contributed by atoms with Crippen molar-refractivity contribution in [2.24, 2.45) is 0 Å². The molecule has 1 aliphatic carbocycles. The van der Waals surface area contributed by atoms with Crippen LogP contribution in [0.3, 0.4) is 0 Å². The molecule has 0 heterocycles. The molecule has 0 unspecified atom stereocenters. The highest BCUT2D eigenvalue weighted by molar-refractivity contribution is 7.89. The van der Waals surface area contributed by atoms with Crippen molar-refractivity contribution in [3.05, 3.63) is 65.2 Å². The molecule has 0 bridgehead atoms. The molecular formula is C18H19N3O4S. The Morgan fingerprint density at radius 1 is 0.923 bits per heavy atom. The minimum absolute atomic E-state index is 0.0135. The van der Waals surface area contributed by atoms with Crippen LogP contribution in [0.5, 0.6) is 0 Å². The number of carbonyl (C=O) groups is 2. The quantitative estimate of drug-likeness (QED) is 0.691. The van der Waals surface area contributed by atoms with Crippen molar-refractivity contribution >= 4 is 21.8 Å². The molecule has 3 rings (SSSR count). The molecule has 0 aliphatic heterocycles. The molecule has 2 aromatic carbocycles. The maximum Gasteiger partial charge on any atom is 0.269 e. The monoisotopic (exact) mass is 373 g/mol. The van der Waals surface area contributed by atoms with Gasteiger partial charge in [0.1, 0.15) is 0 Å². The first kappa shape index (κ1) is 18.1. The second-order valence-electron chi connectivity index (χ2n) is 6.14. The molecule has 1 saturated carbocycles. The van der Waals surface area contributed by atoms with Gasteiger partial charge >= 0.3 is 0 Å². The van der Waals surface area contributed by atoms with Crippen LogP contribution in [0.4, 0.5) is 0 Å². The number of sulfonamides is 1. The minimum Gasteiger partial charge on any atom is -0.267 e. The first-order chi connectivity index (χ1) is 12.4. The van der Waals surface area contributed by atoms with Gasteiger partial charge in [-0.25, -0.2) is 13.1 Å². The lowest BCUT2D eigenvalue weighted by molar-refractivity contribution is 0.0846. The third-order valence-corrected chi connectivity index (χ3v) is 5.54. The van der Waals surface area contributed by atoms with Crippen LogP contribution in [0.1, 0.15) is 39.1 Å². The summed E-state index contributed by atoms with van der Waals surface area (Å²) in [6.45, 7) is 1.80. The van der Waals surface area contributed by atoms with Gasteiger partial charge in [0.05, 0.1) is 4.90 Å². The molecule has 1 aliphatic rings. The van der Waals surface area contributed by atoms with Crippen LogP contribution in [0, 0.1) is 6.92 Å². The van der Waals surface area contributed by atoms with E-state index >= 15 is 0 Å². The van der Waals surface area contributed by atoms with E-state index in [9.17, 15) is 18.0 Å². The SMILES string of the molecule is Cc1ccccc1C(=O)NNC(=O)c1ccc(S(=O)(=O)NC2CC2)cc1. The number of hydrogen-bond acceptors (Lipinski definition) is 4. The highest BCUT2D eigenvalue weighted by atomic mass is 32.2. The summed E-state index contributed by atoms with van der Waals surface area (Å²) in [5.74, 6) is -0.963. The Labute approximate surface area is 151 Å². The maximum atomic E-state index is 12.1. The lowest BCUT2D eigenvalue weighted by Crippen LogP contribution is -2.41. The fourth-order valence-corrected chi connectivity index (χ4v) is 3.66. The van der Waals surface area contributed by atoms with Crippen molar-refractivity contribution in [2.45, 2.75) is 30.7 Å². The van der Waals surface area contributed by atoms with Crippen LogP contribution in [0.25, 0.3) is 0 Å². The van der Waals surface area contributed by atoms with Gasteiger partial charge in [0.25, 0.3) is 11.8 Å². The van der Waals surface area contributed by atoms with Gasteiger partial charge < -0.3 is 0 Å². The lowest BCUT2D eigenvalue weighted by Gasteiger charge is -2.10. The summed E-state index contributed by atoms with van der Waals surface area (Å²) < 4.78 is 26.8. The van der Waals surface area contributed by atoms with Crippen molar-refractivity contribution in [3.8, 4) is 0 Å². The number of benzene rings is 2. The van der Waals surface area contributed by atoms with E-state index in [1.165, 1.54) is 24.3 Å². The van der Waals surface area contributed by atoms with Crippen LogP contribution in [0.15, 0.2) is 53.4 Å². The Morgan fingerprint density at radius 3 is 2.15 bits per heavy atom. The maximum absolute atomic E-state index is 12.1. The second-order valence-corrected chi connectivity index (χ2v) is 7.86. The summed E-state index contributed by atoms with van der Waals surface area (Å²) in [5, 5.41) is 0. The Hall–Kier alpha value is -2.71. The lowest BCUT2D eigenvalue weighted by atomic mass is 10.1. The summed E-state index contributed by atoms with van der Waals surface area (Å²) in [5.41, 5.74) is 6.15. The molecule has 3 N–H and O–H groups in total. The fraction of sp³-hybridized carbons (Fsp3) is 0.222. The predicted octanol–water partition coefficient (Wildman–Crippen LogP) is 1.51. The molecule has 8 heteroatoms. The predicted molar refractivity (Wildman–Crippen MR) is 95.9 cm³/mol. The van der Waals surface area contributed by atoms with E-state index in [1.54, 1.807) is 25.1 Å². The number of rotatable bonds is 5. The number of amides is 2. The molecule has 0 radical (unpaired) electrons. The summed E-state index contributed by atoms with van der Waals surface area (Å²) in [7, 11) is -3.56. The molecule has 7 nitrogen and oxygen atoms in total. The zero-order valence-corrected chi connectivity index (χ0v) is 15.0. The van der Waals surface area contributed by atoms with Crippen molar-refractivity contribution in [2.75, 3.05) is 0 Å². The molecule has 0 spiro atoms. The molecule has 26 heavy (non-hydrogen) atoms. The van der Waals surface area contributed by atoms with Crippen LogP contribution >= 0.6 is 0 Å². The van der Waals surface area contributed by atoms with Crippen LogP contribution in [0.2, 0.25) is 0 Å². The van der Waals surface area contributed by atoms with Crippen molar-refractivity contribution < 1.29 is 18.0 Å². The molecule has 0 aromatic heterocycles. The molecule has 2 aromatic rings. The van der Waals surface area contributed by atoms with E-state index in [2.05, 4.69) is 15.6 Å². The first-order valence-electron chi connectivity index (χ1n) is 8.15. The third-order valence-electron chi connectivity index (χ3n) is 4.01.